The van der Waals surface area contributed by atoms with E-state index in [9.17, 15) is 0 Å². The molecule has 11 aromatic rings. The minimum absolute atomic E-state index is 0.0533. The number of amidine groups is 1. The highest BCUT2D eigenvalue weighted by molar-refractivity contribution is 7.59. The van der Waals surface area contributed by atoms with Crippen LogP contribution >= 0.6 is 8.58 Å². The van der Waals surface area contributed by atoms with E-state index >= 15 is 0 Å². The summed E-state index contributed by atoms with van der Waals surface area (Å²) in [4.78, 5) is 10.4. The van der Waals surface area contributed by atoms with Crippen LogP contribution in [-0.2, 0) is 0 Å². The average Bonchev–Trinajstić information content (AvgIpc) is 3.49. The summed E-state index contributed by atoms with van der Waals surface area (Å²) in [5.41, 5.74) is 18.0. The van der Waals surface area contributed by atoms with Gasteiger partial charge in [-0.3, -0.25) is 10.3 Å². The first-order valence-electron chi connectivity index (χ1n) is 25.7. The third kappa shape index (κ3) is 10.0. The summed E-state index contributed by atoms with van der Waals surface area (Å²) in [6, 6.07) is 95.6. The lowest BCUT2D eigenvalue weighted by atomic mass is 9.84. The van der Waals surface area contributed by atoms with Gasteiger partial charge in [-0.1, -0.05) is 261 Å². The van der Waals surface area contributed by atoms with Crippen molar-refractivity contribution in [3.05, 3.63) is 307 Å². The fourth-order valence-electron chi connectivity index (χ4n) is 10.4. The van der Waals surface area contributed by atoms with Crippen LogP contribution in [0.2, 0.25) is 0 Å². The fraction of sp³-hybridized carbons (Fsp3) is 0.0571. The molecule has 11 aromatic carbocycles. The standard InChI is InChI=1S/C70H55N4P/c1-47(49-21-9-3-10-22-49)71-67(55-27-15-6-16-28-55)72-48(2)50-33-35-51(36-34-50)59-41-43-61-63(45-59)65(53-23-11-4-12-24-53)62-44-42-60(46-64(62)66(61)54-25-13-5-14-26-54)52-37-39-56(40-38-52)68-73-69(57-29-17-7-18-30-57)75-70(74-68)58-31-19-8-20-32-58/h3-47,68-69,73,75H,2H2,1H3,(H,71,72). The minimum atomic E-state index is -0.173. The van der Waals surface area contributed by atoms with Crippen molar-refractivity contribution >= 4 is 47.1 Å². The topological polar surface area (TPSA) is 48.8 Å². The van der Waals surface area contributed by atoms with Crippen molar-refractivity contribution < 1.29 is 0 Å². The summed E-state index contributed by atoms with van der Waals surface area (Å²) in [6.45, 7) is 6.63. The monoisotopic (exact) mass is 982 g/mol. The quantitative estimate of drug-likeness (QED) is 0.0555. The molecule has 0 bridgehead atoms. The molecule has 1 aliphatic rings. The largest absolute Gasteiger partial charge is 0.363 e. The molecule has 0 saturated carbocycles. The number of hydrogen-bond acceptors (Lipinski definition) is 3. The predicted octanol–water partition coefficient (Wildman–Crippen LogP) is 17.9. The van der Waals surface area contributed by atoms with Gasteiger partial charge in [-0.25, -0.2) is 4.99 Å². The zero-order valence-corrected chi connectivity index (χ0v) is 42.7. The van der Waals surface area contributed by atoms with Crippen LogP contribution < -0.4 is 10.6 Å². The maximum atomic E-state index is 5.33. The number of hydrogen-bond donors (Lipinski definition) is 2. The van der Waals surface area contributed by atoms with Gasteiger partial charge < -0.3 is 5.32 Å². The van der Waals surface area contributed by atoms with Gasteiger partial charge in [0, 0.05) is 11.6 Å². The highest BCUT2D eigenvalue weighted by atomic mass is 31.1. The van der Waals surface area contributed by atoms with E-state index in [0.717, 1.165) is 44.7 Å². The van der Waals surface area contributed by atoms with Crippen LogP contribution in [0, 0.1) is 0 Å². The SMILES string of the molecule is C=C(N=C(NC(C)c1ccccc1)c1ccccc1)c1ccc(-c2ccc3c(-c4ccccc4)c4cc(-c5ccc(C6N=C(c7ccccc7)PC(c7ccccc7)N6)cc5)ccc4c(-c4ccccc4)c3c2)cc1. The van der Waals surface area contributed by atoms with Crippen molar-refractivity contribution in [3.8, 4) is 44.5 Å². The van der Waals surface area contributed by atoms with Gasteiger partial charge in [0.1, 0.15) is 12.0 Å². The molecule has 2 N–H and O–H groups in total. The second-order valence-corrected chi connectivity index (χ2v) is 20.5. The predicted molar refractivity (Wildman–Crippen MR) is 320 cm³/mol. The summed E-state index contributed by atoms with van der Waals surface area (Å²) >= 11 is 0. The van der Waals surface area contributed by atoms with Gasteiger partial charge >= 0.3 is 0 Å². The molecule has 0 aromatic heterocycles. The number of aliphatic imine (C=N–C) groups is 2. The third-order valence-electron chi connectivity index (χ3n) is 14.3. The van der Waals surface area contributed by atoms with E-state index in [0.29, 0.717) is 14.3 Å². The third-order valence-corrected chi connectivity index (χ3v) is 15.8. The Hall–Kier alpha value is -8.79. The first-order chi connectivity index (χ1) is 37.0. The molecule has 0 spiro atoms. The van der Waals surface area contributed by atoms with E-state index in [1.54, 1.807) is 0 Å². The van der Waals surface area contributed by atoms with Gasteiger partial charge in [0.2, 0.25) is 0 Å². The Balaban J connectivity index is 0.912. The van der Waals surface area contributed by atoms with E-state index in [1.807, 2.05) is 24.3 Å². The molecule has 12 rings (SSSR count). The van der Waals surface area contributed by atoms with E-state index in [4.69, 9.17) is 9.98 Å². The average molecular weight is 983 g/mol. The van der Waals surface area contributed by atoms with E-state index in [1.165, 1.54) is 66.1 Å². The van der Waals surface area contributed by atoms with Crippen LogP contribution in [0.1, 0.15) is 58.3 Å². The Morgan fingerprint density at radius 3 is 1.44 bits per heavy atom. The zero-order valence-electron chi connectivity index (χ0n) is 41.7. The van der Waals surface area contributed by atoms with Gasteiger partial charge in [-0.2, -0.15) is 0 Å². The molecule has 5 heteroatoms. The Morgan fingerprint density at radius 1 is 0.453 bits per heavy atom. The molecule has 1 aliphatic heterocycles. The number of nitrogens with zero attached hydrogens (tertiary/aromatic N) is 2. The highest BCUT2D eigenvalue weighted by Crippen LogP contribution is 2.47. The van der Waals surface area contributed by atoms with E-state index < -0.39 is 0 Å². The van der Waals surface area contributed by atoms with E-state index in [-0.39, 0.29) is 18.0 Å². The van der Waals surface area contributed by atoms with Crippen molar-refractivity contribution in [1.29, 1.82) is 0 Å². The molecule has 0 radical (unpaired) electrons. The van der Waals surface area contributed by atoms with Gasteiger partial charge in [-0.15, -0.1) is 0 Å². The molecule has 4 nitrogen and oxygen atoms in total. The van der Waals surface area contributed by atoms with Crippen LogP contribution in [0.4, 0.5) is 0 Å². The first kappa shape index (κ1) is 47.2. The summed E-state index contributed by atoms with van der Waals surface area (Å²) in [6.07, 6.45) is -0.173. The smallest absolute Gasteiger partial charge is 0.134 e. The highest BCUT2D eigenvalue weighted by Gasteiger charge is 2.26. The normalized spacial score (nSPS) is 15.4. The molecular weight excluding hydrogens is 928 g/mol. The van der Waals surface area contributed by atoms with Gasteiger partial charge in [0.15, 0.2) is 0 Å². The van der Waals surface area contributed by atoms with Crippen molar-refractivity contribution in [3.63, 3.8) is 0 Å². The zero-order chi connectivity index (χ0) is 50.5. The summed E-state index contributed by atoms with van der Waals surface area (Å²) in [5, 5.41) is 12.4. The Bertz CT molecular complexity index is 3840. The molecule has 0 saturated heterocycles. The number of benzene rings is 11. The lowest BCUT2D eigenvalue weighted by Crippen LogP contribution is -2.28. The lowest BCUT2D eigenvalue weighted by molar-refractivity contribution is 0.538. The van der Waals surface area contributed by atoms with Crippen LogP contribution in [0.3, 0.4) is 0 Å². The fourth-order valence-corrected chi connectivity index (χ4v) is 11.8. The van der Waals surface area contributed by atoms with Crippen LogP contribution in [0.25, 0.3) is 71.7 Å². The molecule has 0 fully saturated rings. The van der Waals surface area contributed by atoms with Crippen molar-refractivity contribution in [2.24, 2.45) is 9.98 Å². The van der Waals surface area contributed by atoms with E-state index in [2.05, 4.69) is 267 Å². The Kier molecular flexibility index (Phi) is 13.4. The summed E-state index contributed by atoms with van der Waals surface area (Å²) in [5.74, 6) is 0.960. The molecular formula is C70H55N4P. The second kappa shape index (κ2) is 21.4. The summed E-state index contributed by atoms with van der Waals surface area (Å²) in [7, 11) is 0.514. The Labute approximate surface area is 441 Å². The summed E-state index contributed by atoms with van der Waals surface area (Å²) < 4.78 is 0. The van der Waals surface area contributed by atoms with Gasteiger partial charge in [-0.05, 0) is 122 Å². The number of rotatable bonds is 12. The molecule has 1 heterocycles. The van der Waals surface area contributed by atoms with Crippen molar-refractivity contribution in [1.82, 2.24) is 10.6 Å². The van der Waals surface area contributed by atoms with Crippen LogP contribution in [-0.4, -0.2) is 11.3 Å². The number of nitrogens with one attached hydrogen (secondary N) is 2. The molecule has 0 amide bonds. The van der Waals surface area contributed by atoms with Crippen LogP contribution in [0.5, 0.6) is 0 Å². The number of fused-ring (bicyclic) bond motifs is 2. The maximum Gasteiger partial charge on any atom is 0.134 e. The molecule has 75 heavy (non-hydrogen) atoms. The van der Waals surface area contributed by atoms with Gasteiger partial charge in [0.05, 0.1) is 16.9 Å². The molecule has 360 valence electrons. The first-order valence-corrected chi connectivity index (χ1v) is 26.8. The minimum Gasteiger partial charge on any atom is -0.363 e. The molecule has 4 atom stereocenters. The maximum absolute atomic E-state index is 5.33. The van der Waals surface area contributed by atoms with Crippen LogP contribution in [0.15, 0.2) is 283 Å². The Morgan fingerprint density at radius 2 is 0.907 bits per heavy atom. The molecule has 0 aliphatic carbocycles. The van der Waals surface area contributed by atoms with Gasteiger partial charge in [0.25, 0.3) is 0 Å². The van der Waals surface area contributed by atoms with Crippen molar-refractivity contribution in [2.45, 2.75) is 24.9 Å². The van der Waals surface area contributed by atoms with Crippen molar-refractivity contribution in [2.75, 3.05) is 0 Å². The lowest BCUT2D eigenvalue weighted by Gasteiger charge is -2.30. The second-order valence-electron chi connectivity index (χ2n) is 19.2. The molecule has 4 unspecified atom stereocenters.